The van der Waals surface area contributed by atoms with Gasteiger partial charge in [0.1, 0.15) is 23.1 Å². The first-order valence-corrected chi connectivity index (χ1v) is 8.81. The molecule has 0 aliphatic heterocycles. The van der Waals surface area contributed by atoms with Gasteiger partial charge in [-0.05, 0) is 38.1 Å². The number of anilines is 5. The van der Waals surface area contributed by atoms with Crippen LogP contribution in [0.1, 0.15) is 13.8 Å². The molecule has 0 aliphatic carbocycles. The minimum absolute atomic E-state index is 0.158. The van der Waals surface area contributed by atoms with Crippen LogP contribution in [0.25, 0.3) is 0 Å². The maximum atomic E-state index is 5.90. The smallest absolute Gasteiger partial charge is 0.223 e. The Morgan fingerprint density at radius 2 is 1.22 bits per heavy atom. The van der Waals surface area contributed by atoms with Crippen molar-refractivity contribution in [1.82, 2.24) is 9.97 Å². The SMILES string of the molecule is CCOc1ccccc1Nc1cc(Nc2ccccc2OCC)nc(N)n1. The Balaban J connectivity index is 1.85. The Bertz CT molecular complexity index is 831. The van der Waals surface area contributed by atoms with Crippen molar-refractivity contribution in [2.75, 3.05) is 29.6 Å². The molecule has 0 aliphatic rings. The van der Waals surface area contributed by atoms with Crippen molar-refractivity contribution in [3.8, 4) is 11.5 Å². The highest BCUT2D eigenvalue weighted by Crippen LogP contribution is 2.30. The first-order chi connectivity index (χ1) is 13.2. The number of nitrogens with two attached hydrogens (primary N) is 1. The first-order valence-electron chi connectivity index (χ1n) is 8.81. The largest absolute Gasteiger partial charge is 0.492 e. The van der Waals surface area contributed by atoms with Crippen molar-refractivity contribution in [3.05, 3.63) is 54.6 Å². The Hall–Kier alpha value is -3.48. The maximum absolute atomic E-state index is 5.90. The van der Waals surface area contributed by atoms with Crippen LogP contribution < -0.4 is 25.8 Å². The standard InChI is InChI=1S/C20H23N5O2/c1-3-26-16-11-7-5-9-14(16)22-18-13-19(25-20(21)24-18)23-15-10-6-8-12-17(15)27-4-2/h5-13H,3-4H2,1-2H3,(H4,21,22,23,24,25). The summed E-state index contributed by atoms with van der Waals surface area (Å²) in [5, 5.41) is 6.47. The fraction of sp³-hybridized carbons (Fsp3) is 0.200. The minimum atomic E-state index is 0.158. The predicted molar refractivity (Wildman–Crippen MR) is 108 cm³/mol. The summed E-state index contributed by atoms with van der Waals surface area (Å²) < 4.78 is 11.3. The lowest BCUT2D eigenvalue weighted by Gasteiger charge is -2.14. The normalized spacial score (nSPS) is 10.3. The average molecular weight is 365 g/mol. The summed E-state index contributed by atoms with van der Waals surface area (Å²) in [4.78, 5) is 8.52. The summed E-state index contributed by atoms with van der Waals surface area (Å²) in [5.41, 5.74) is 7.50. The van der Waals surface area contributed by atoms with E-state index in [9.17, 15) is 0 Å². The maximum Gasteiger partial charge on any atom is 0.223 e. The number of hydrogen-bond acceptors (Lipinski definition) is 7. The van der Waals surface area contributed by atoms with Gasteiger partial charge in [0, 0.05) is 6.07 Å². The van der Waals surface area contributed by atoms with Gasteiger partial charge in [-0.25, -0.2) is 0 Å². The zero-order valence-electron chi connectivity index (χ0n) is 15.4. The van der Waals surface area contributed by atoms with E-state index in [-0.39, 0.29) is 5.95 Å². The van der Waals surface area contributed by atoms with Crippen LogP contribution in [0.2, 0.25) is 0 Å². The monoisotopic (exact) mass is 365 g/mol. The van der Waals surface area contributed by atoms with E-state index in [1.807, 2.05) is 62.4 Å². The molecule has 0 saturated heterocycles. The number of nitrogens with one attached hydrogen (secondary N) is 2. The van der Waals surface area contributed by atoms with E-state index in [1.165, 1.54) is 0 Å². The molecule has 0 spiro atoms. The molecule has 0 bridgehead atoms. The zero-order chi connectivity index (χ0) is 19.1. The highest BCUT2D eigenvalue weighted by atomic mass is 16.5. The number of ether oxygens (including phenoxy) is 2. The van der Waals surface area contributed by atoms with Crippen LogP contribution in [0.3, 0.4) is 0 Å². The number of nitrogens with zero attached hydrogens (tertiary/aromatic N) is 2. The summed E-state index contributed by atoms with van der Waals surface area (Å²) in [6.45, 7) is 5.03. The van der Waals surface area contributed by atoms with Crippen molar-refractivity contribution in [3.63, 3.8) is 0 Å². The van der Waals surface area contributed by atoms with E-state index >= 15 is 0 Å². The Labute approximate surface area is 158 Å². The highest BCUT2D eigenvalue weighted by Gasteiger charge is 2.09. The molecule has 3 rings (SSSR count). The number of hydrogen-bond donors (Lipinski definition) is 3. The minimum Gasteiger partial charge on any atom is -0.492 e. The summed E-state index contributed by atoms with van der Waals surface area (Å²) in [6.07, 6.45) is 0. The Morgan fingerprint density at radius 1 is 0.778 bits per heavy atom. The predicted octanol–water partition coefficient (Wildman–Crippen LogP) is 4.34. The van der Waals surface area contributed by atoms with Crippen molar-refractivity contribution in [2.45, 2.75) is 13.8 Å². The molecule has 0 saturated carbocycles. The van der Waals surface area contributed by atoms with Crippen molar-refractivity contribution in [1.29, 1.82) is 0 Å². The van der Waals surface area contributed by atoms with Crippen LogP contribution in [0.4, 0.5) is 29.0 Å². The average Bonchev–Trinajstić information content (AvgIpc) is 2.65. The van der Waals surface area contributed by atoms with Gasteiger partial charge in [-0.3, -0.25) is 0 Å². The molecule has 140 valence electrons. The summed E-state index contributed by atoms with van der Waals surface area (Å²) in [6, 6.07) is 17.1. The van der Waals surface area contributed by atoms with Crippen molar-refractivity contribution >= 4 is 29.0 Å². The molecule has 0 fully saturated rings. The van der Waals surface area contributed by atoms with Gasteiger partial charge in [0.05, 0.1) is 24.6 Å². The lowest BCUT2D eigenvalue weighted by atomic mass is 10.3. The lowest BCUT2D eigenvalue weighted by molar-refractivity contribution is 0.342. The molecule has 2 aromatic carbocycles. The van der Waals surface area contributed by atoms with Crippen LogP contribution in [0, 0.1) is 0 Å². The number of nitrogen functional groups attached to an aromatic ring is 1. The van der Waals surface area contributed by atoms with Crippen LogP contribution in [-0.2, 0) is 0 Å². The Morgan fingerprint density at radius 3 is 1.67 bits per heavy atom. The Kier molecular flexibility index (Phi) is 5.94. The van der Waals surface area contributed by atoms with E-state index in [4.69, 9.17) is 15.2 Å². The molecule has 7 nitrogen and oxygen atoms in total. The number of para-hydroxylation sites is 4. The molecule has 0 atom stereocenters. The van der Waals surface area contributed by atoms with E-state index in [1.54, 1.807) is 6.07 Å². The molecule has 0 unspecified atom stereocenters. The summed E-state index contributed by atoms with van der Waals surface area (Å²) in [5.74, 6) is 2.77. The quantitative estimate of drug-likeness (QED) is 0.546. The van der Waals surface area contributed by atoms with Gasteiger partial charge in [-0.1, -0.05) is 24.3 Å². The van der Waals surface area contributed by atoms with E-state index < -0.39 is 0 Å². The number of benzene rings is 2. The van der Waals surface area contributed by atoms with Crippen LogP contribution >= 0.6 is 0 Å². The molecule has 1 heterocycles. The second-order valence-corrected chi connectivity index (χ2v) is 5.60. The fourth-order valence-corrected chi connectivity index (χ4v) is 2.57. The molecule has 3 aromatic rings. The number of aromatic nitrogens is 2. The third-order valence-corrected chi connectivity index (χ3v) is 3.64. The number of rotatable bonds is 8. The third-order valence-electron chi connectivity index (χ3n) is 3.64. The van der Waals surface area contributed by atoms with E-state index in [2.05, 4.69) is 20.6 Å². The molecule has 27 heavy (non-hydrogen) atoms. The van der Waals surface area contributed by atoms with Gasteiger partial charge in [0.15, 0.2) is 0 Å². The van der Waals surface area contributed by atoms with Crippen LogP contribution in [-0.4, -0.2) is 23.2 Å². The van der Waals surface area contributed by atoms with E-state index in [0.717, 1.165) is 22.9 Å². The molecular formula is C20H23N5O2. The summed E-state index contributed by atoms with van der Waals surface area (Å²) >= 11 is 0. The molecule has 0 radical (unpaired) electrons. The van der Waals surface area contributed by atoms with Gasteiger partial charge in [0.2, 0.25) is 5.95 Å². The molecule has 1 aromatic heterocycles. The first kappa shape index (κ1) is 18.3. The molecule has 7 heteroatoms. The molecular weight excluding hydrogens is 342 g/mol. The topological polar surface area (TPSA) is 94.3 Å². The zero-order valence-corrected chi connectivity index (χ0v) is 15.4. The van der Waals surface area contributed by atoms with Crippen molar-refractivity contribution in [2.24, 2.45) is 0 Å². The van der Waals surface area contributed by atoms with Crippen molar-refractivity contribution < 1.29 is 9.47 Å². The van der Waals surface area contributed by atoms with E-state index in [0.29, 0.717) is 24.8 Å². The molecule has 4 N–H and O–H groups in total. The second-order valence-electron chi connectivity index (χ2n) is 5.60. The van der Waals surface area contributed by atoms with Gasteiger partial charge >= 0.3 is 0 Å². The lowest BCUT2D eigenvalue weighted by Crippen LogP contribution is -2.05. The highest BCUT2D eigenvalue weighted by molar-refractivity contribution is 5.70. The van der Waals surface area contributed by atoms with Gasteiger partial charge in [-0.2, -0.15) is 9.97 Å². The van der Waals surface area contributed by atoms with Gasteiger partial charge in [0.25, 0.3) is 0 Å². The summed E-state index contributed by atoms with van der Waals surface area (Å²) in [7, 11) is 0. The second kappa shape index (κ2) is 8.75. The van der Waals surface area contributed by atoms with Gasteiger partial charge in [-0.15, -0.1) is 0 Å². The molecule has 0 amide bonds. The van der Waals surface area contributed by atoms with Gasteiger partial charge < -0.3 is 25.8 Å². The fourth-order valence-electron chi connectivity index (χ4n) is 2.57. The van der Waals surface area contributed by atoms with Crippen LogP contribution in [0.5, 0.6) is 11.5 Å². The van der Waals surface area contributed by atoms with Crippen LogP contribution in [0.15, 0.2) is 54.6 Å². The third kappa shape index (κ3) is 4.78.